The van der Waals surface area contributed by atoms with E-state index in [0.29, 0.717) is 19.5 Å². The van der Waals surface area contributed by atoms with Crippen molar-refractivity contribution >= 4 is 6.29 Å². The van der Waals surface area contributed by atoms with E-state index < -0.39 is 17.2 Å². The second-order valence-corrected chi connectivity index (χ2v) is 4.79. The number of halogens is 3. The fraction of sp³-hybridized carbons (Fsp3) is 0.500. The Morgan fingerprint density at radius 1 is 1.35 bits per heavy atom. The highest BCUT2D eigenvalue weighted by Gasteiger charge is 2.24. The molecule has 0 aromatic heterocycles. The van der Waals surface area contributed by atoms with E-state index in [1.165, 1.54) is 0 Å². The van der Waals surface area contributed by atoms with Crippen molar-refractivity contribution in [2.45, 2.75) is 18.9 Å². The van der Waals surface area contributed by atoms with Crippen LogP contribution in [-0.4, -0.2) is 43.6 Å². The minimum absolute atomic E-state index is 0.0722. The van der Waals surface area contributed by atoms with E-state index >= 15 is 0 Å². The minimum Gasteiger partial charge on any atom is -0.489 e. The Labute approximate surface area is 115 Å². The zero-order valence-electron chi connectivity index (χ0n) is 10.9. The lowest BCUT2D eigenvalue weighted by molar-refractivity contribution is 0.111. The molecule has 0 spiro atoms. The largest absolute Gasteiger partial charge is 0.489 e. The van der Waals surface area contributed by atoms with E-state index in [1.54, 1.807) is 0 Å². The zero-order chi connectivity index (χ0) is 14.5. The van der Waals surface area contributed by atoms with Crippen LogP contribution in [0.5, 0.6) is 5.75 Å². The Kier molecular flexibility index (Phi) is 5.00. The summed E-state index contributed by atoms with van der Waals surface area (Å²) in [6, 6.07) is 2.02. The van der Waals surface area contributed by atoms with Gasteiger partial charge in [0.15, 0.2) is 6.29 Å². The van der Waals surface area contributed by atoms with Gasteiger partial charge in [-0.15, -0.1) is 0 Å². The van der Waals surface area contributed by atoms with E-state index in [1.807, 2.05) is 0 Å². The summed E-state index contributed by atoms with van der Waals surface area (Å²) in [5.74, 6) is -1.78. The molecule has 1 saturated heterocycles. The second-order valence-electron chi connectivity index (χ2n) is 4.79. The highest BCUT2D eigenvalue weighted by atomic mass is 19.1. The molecule has 0 bridgehead atoms. The molecule has 0 amide bonds. The normalized spacial score (nSPS) is 19.2. The predicted octanol–water partition coefficient (Wildman–Crippen LogP) is 2.59. The molecular weight excluding hydrogens is 271 g/mol. The van der Waals surface area contributed by atoms with Gasteiger partial charge in [0, 0.05) is 31.8 Å². The fourth-order valence-corrected chi connectivity index (χ4v) is 2.31. The first-order chi connectivity index (χ1) is 9.63. The van der Waals surface area contributed by atoms with Crippen molar-refractivity contribution < 1.29 is 22.7 Å². The Hall–Kier alpha value is -1.56. The average Bonchev–Trinajstić information content (AvgIpc) is 2.83. The van der Waals surface area contributed by atoms with Crippen LogP contribution in [-0.2, 0) is 0 Å². The topological polar surface area (TPSA) is 29.5 Å². The van der Waals surface area contributed by atoms with Gasteiger partial charge in [-0.1, -0.05) is 0 Å². The molecule has 0 N–H and O–H groups in total. The third-order valence-electron chi connectivity index (χ3n) is 3.31. The van der Waals surface area contributed by atoms with Crippen LogP contribution in [0.15, 0.2) is 12.1 Å². The third-order valence-corrected chi connectivity index (χ3v) is 3.31. The summed E-state index contributed by atoms with van der Waals surface area (Å²) in [6.07, 6.45) is 1.17. The first kappa shape index (κ1) is 14.8. The molecule has 20 heavy (non-hydrogen) atoms. The number of carbonyl (C=O) groups excluding carboxylic acids is 1. The van der Waals surface area contributed by atoms with Gasteiger partial charge in [-0.05, 0) is 12.8 Å². The van der Waals surface area contributed by atoms with Crippen LogP contribution in [0.1, 0.15) is 23.2 Å². The Bertz CT molecular complexity index is 458. The number of hydrogen-bond donors (Lipinski definition) is 0. The Morgan fingerprint density at radius 3 is 2.65 bits per heavy atom. The number of nitrogens with zero attached hydrogens (tertiary/aromatic N) is 1. The number of carbonyl (C=O) groups is 1. The van der Waals surface area contributed by atoms with Gasteiger partial charge in [0.2, 0.25) is 0 Å². The lowest BCUT2D eigenvalue weighted by Crippen LogP contribution is -2.26. The minimum atomic E-state index is -0.928. The fourth-order valence-electron chi connectivity index (χ4n) is 2.31. The van der Waals surface area contributed by atoms with Crippen LogP contribution in [0, 0.1) is 11.6 Å². The number of alkyl halides is 1. The van der Waals surface area contributed by atoms with Crippen molar-refractivity contribution in [3.8, 4) is 5.75 Å². The predicted molar refractivity (Wildman–Crippen MR) is 67.8 cm³/mol. The van der Waals surface area contributed by atoms with Gasteiger partial charge in [-0.25, -0.2) is 8.78 Å². The lowest BCUT2D eigenvalue weighted by Gasteiger charge is -2.16. The summed E-state index contributed by atoms with van der Waals surface area (Å²) in [5, 5.41) is 0. The highest BCUT2D eigenvalue weighted by Crippen LogP contribution is 2.23. The van der Waals surface area contributed by atoms with Gasteiger partial charge >= 0.3 is 0 Å². The molecule has 1 heterocycles. The molecule has 0 aliphatic carbocycles. The summed E-state index contributed by atoms with van der Waals surface area (Å²) >= 11 is 0. The van der Waals surface area contributed by atoms with Crippen LogP contribution >= 0.6 is 0 Å². The average molecular weight is 287 g/mol. The van der Waals surface area contributed by atoms with Crippen molar-refractivity contribution in [3.63, 3.8) is 0 Å². The quantitative estimate of drug-likeness (QED) is 0.753. The van der Waals surface area contributed by atoms with Crippen molar-refractivity contribution in [2.24, 2.45) is 0 Å². The van der Waals surface area contributed by atoms with E-state index in [4.69, 9.17) is 4.74 Å². The molecule has 2 rings (SSSR count). The van der Waals surface area contributed by atoms with Gasteiger partial charge in [-0.3, -0.25) is 14.1 Å². The van der Waals surface area contributed by atoms with E-state index in [2.05, 4.69) is 4.90 Å². The molecule has 1 aliphatic heterocycles. The summed E-state index contributed by atoms with van der Waals surface area (Å²) < 4.78 is 44.4. The molecule has 1 aromatic carbocycles. The molecule has 6 heteroatoms. The second kappa shape index (κ2) is 6.74. The number of aldehydes is 1. The summed E-state index contributed by atoms with van der Waals surface area (Å²) in [5.41, 5.74) is -0.589. The number of ether oxygens (including phenoxy) is 1. The van der Waals surface area contributed by atoms with E-state index in [0.717, 1.165) is 25.1 Å². The first-order valence-corrected chi connectivity index (χ1v) is 6.53. The third kappa shape index (κ3) is 3.50. The molecule has 3 nitrogen and oxygen atoms in total. The van der Waals surface area contributed by atoms with E-state index in [9.17, 15) is 18.0 Å². The van der Waals surface area contributed by atoms with Crippen molar-refractivity contribution in [3.05, 3.63) is 29.3 Å². The molecular formula is C14H16F3NO2. The number of hydrogen-bond acceptors (Lipinski definition) is 3. The number of benzene rings is 1. The monoisotopic (exact) mass is 287 g/mol. The van der Waals surface area contributed by atoms with Crippen LogP contribution in [0.2, 0.25) is 0 Å². The maximum atomic E-state index is 13.4. The van der Waals surface area contributed by atoms with Gasteiger partial charge in [0.1, 0.15) is 23.5 Å². The lowest BCUT2D eigenvalue weighted by atomic mass is 10.2. The molecule has 1 aromatic rings. The van der Waals surface area contributed by atoms with Crippen molar-refractivity contribution in [2.75, 3.05) is 26.3 Å². The number of rotatable bonds is 6. The molecule has 1 fully saturated rings. The zero-order valence-corrected chi connectivity index (χ0v) is 10.9. The van der Waals surface area contributed by atoms with Crippen LogP contribution in [0.3, 0.4) is 0 Å². The Morgan fingerprint density at radius 2 is 2.05 bits per heavy atom. The van der Waals surface area contributed by atoms with Gasteiger partial charge in [-0.2, -0.15) is 0 Å². The van der Waals surface area contributed by atoms with Crippen molar-refractivity contribution in [1.29, 1.82) is 0 Å². The standard InChI is InChI=1S/C14H16F3NO2/c15-3-1-4-18-5-2-10(8-18)20-11-6-13(16)12(9-19)14(17)7-11/h6-7,9-10H,1-5,8H2/t10-/m0/s1. The van der Waals surface area contributed by atoms with Gasteiger partial charge in [0.25, 0.3) is 0 Å². The Balaban J connectivity index is 1.96. The number of likely N-dealkylation sites (tertiary alicyclic amines) is 1. The maximum Gasteiger partial charge on any atom is 0.155 e. The van der Waals surface area contributed by atoms with Gasteiger partial charge in [0.05, 0.1) is 12.2 Å². The van der Waals surface area contributed by atoms with Crippen LogP contribution < -0.4 is 4.74 Å². The van der Waals surface area contributed by atoms with E-state index in [-0.39, 0.29) is 24.8 Å². The van der Waals surface area contributed by atoms with Crippen LogP contribution in [0.25, 0.3) is 0 Å². The smallest absolute Gasteiger partial charge is 0.155 e. The molecule has 0 saturated carbocycles. The van der Waals surface area contributed by atoms with Gasteiger partial charge < -0.3 is 4.74 Å². The maximum absolute atomic E-state index is 13.4. The summed E-state index contributed by atoms with van der Waals surface area (Å²) in [4.78, 5) is 12.5. The SMILES string of the molecule is O=Cc1c(F)cc(O[C@H]2CCN(CCCF)C2)cc1F. The summed E-state index contributed by atoms with van der Waals surface area (Å²) in [7, 11) is 0. The molecule has 110 valence electrons. The molecule has 1 aliphatic rings. The highest BCUT2D eigenvalue weighted by molar-refractivity contribution is 5.75. The molecule has 1 atom stereocenters. The van der Waals surface area contributed by atoms with Crippen molar-refractivity contribution in [1.82, 2.24) is 4.90 Å². The molecule has 0 unspecified atom stereocenters. The molecule has 0 radical (unpaired) electrons. The van der Waals surface area contributed by atoms with Crippen LogP contribution in [0.4, 0.5) is 13.2 Å². The first-order valence-electron chi connectivity index (χ1n) is 6.53. The summed E-state index contributed by atoms with van der Waals surface area (Å²) in [6.45, 7) is 1.69.